The van der Waals surface area contributed by atoms with Crippen LogP contribution in [-0.4, -0.2) is 23.6 Å². The Morgan fingerprint density at radius 2 is 2.12 bits per heavy atom. The van der Waals surface area contributed by atoms with E-state index in [0.29, 0.717) is 12.1 Å². The summed E-state index contributed by atoms with van der Waals surface area (Å²) in [5.74, 6) is 0. The number of nitrogens with two attached hydrogens (primary N) is 1. The molecule has 2 atom stereocenters. The normalized spacial score (nSPS) is 25.6. The Morgan fingerprint density at radius 1 is 1.31 bits per heavy atom. The summed E-state index contributed by atoms with van der Waals surface area (Å²) < 4.78 is 0. The molecule has 0 radical (unpaired) electrons. The summed E-state index contributed by atoms with van der Waals surface area (Å²) in [5, 5.41) is 3.60. The molecule has 3 heteroatoms. The van der Waals surface area contributed by atoms with Crippen molar-refractivity contribution in [1.82, 2.24) is 10.3 Å². The molecule has 3 nitrogen and oxygen atoms in total. The Kier molecular flexibility index (Phi) is 4.31. The van der Waals surface area contributed by atoms with Gasteiger partial charge >= 0.3 is 0 Å². The molecule has 1 fully saturated rings. The highest BCUT2D eigenvalue weighted by Crippen LogP contribution is 2.16. The van der Waals surface area contributed by atoms with E-state index >= 15 is 0 Å². The van der Waals surface area contributed by atoms with Gasteiger partial charge in [0.15, 0.2) is 0 Å². The smallest absolute Gasteiger partial charge is 0.0270 e. The van der Waals surface area contributed by atoms with Crippen molar-refractivity contribution in [2.75, 3.05) is 6.54 Å². The molecule has 0 spiro atoms. The number of nitrogens with zero attached hydrogens (tertiary/aromatic N) is 1. The third-order valence-corrected chi connectivity index (χ3v) is 3.31. The first-order valence-electron chi connectivity index (χ1n) is 6.22. The highest BCUT2D eigenvalue weighted by atomic mass is 14.9. The average Bonchev–Trinajstić information content (AvgIpc) is 2.30. The SMILES string of the molecule is NC1CCCC(NCCc2ccncc2)C1. The quantitative estimate of drug-likeness (QED) is 0.806. The number of hydrogen-bond donors (Lipinski definition) is 2. The summed E-state index contributed by atoms with van der Waals surface area (Å²) in [6.07, 6.45) is 9.67. The van der Waals surface area contributed by atoms with E-state index in [2.05, 4.69) is 22.4 Å². The van der Waals surface area contributed by atoms with Gasteiger partial charge in [0.25, 0.3) is 0 Å². The third-order valence-electron chi connectivity index (χ3n) is 3.31. The molecule has 2 unspecified atom stereocenters. The van der Waals surface area contributed by atoms with E-state index in [4.69, 9.17) is 5.73 Å². The van der Waals surface area contributed by atoms with Gasteiger partial charge < -0.3 is 11.1 Å². The maximum atomic E-state index is 5.96. The molecular weight excluding hydrogens is 198 g/mol. The minimum atomic E-state index is 0.409. The Bertz CT molecular complexity index is 299. The van der Waals surface area contributed by atoms with Crippen LogP contribution in [0.25, 0.3) is 0 Å². The molecule has 16 heavy (non-hydrogen) atoms. The zero-order valence-electron chi connectivity index (χ0n) is 9.73. The number of nitrogens with one attached hydrogen (secondary N) is 1. The molecule has 1 saturated carbocycles. The van der Waals surface area contributed by atoms with Crippen LogP contribution in [-0.2, 0) is 6.42 Å². The molecule has 3 N–H and O–H groups in total. The number of hydrogen-bond acceptors (Lipinski definition) is 3. The van der Waals surface area contributed by atoms with Crippen molar-refractivity contribution >= 4 is 0 Å². The zero-order chi connectivity index (χ0) is 11.2. The number of pyridine rings is 1. The molecule has 0 amide bonds. The van der Waals surface area contributed by atoms with Crippen LogP contribution in [0.1, 0.15) is 31.2 Å². The van der Waals surface area contributed by atoms with Gasteiger partial charge in [-0.3, -0.25) is 4.98 Å². The van der Waals surface area contributed by atoms with E-state index in [1.807, 2.05) is 12.4 Å². The Labute approximate surface area is 97.5 Å². The lowest BCUT2D eigenvalue weighted by Crippen LogP contribution is -2.40. The van der Waals surface area contributed by atoms with Crippen LogP contribution >= 0.6 is 0 Å². The predicted octanol–water partition coefficient (Wildman–Crippen LogP) is 1.48. The van der Waals surface area contributed by atoms with Crippen molar-refractivity contribution < 1.29 is 0 Å². The van der Waals surface area contributed by atoms with Crippen molar-refractivity contribution in [3.8, 4) is 0 Å². The largest absolute Gasteiger partial charge is 0.328 e. The standard InChI is InChI=1S/C13H21N3/c14-12-2-1-3-13(10-12)16-9-6-11-4-7-15-8-5-11/h4-5,7-8,12-13,16H,1-3,6,9-10,14H2. The van der Waals surface area contributed by atoms with E-state index in [1.165, 1.54) is 24.8 Å². The van der Waals surface area contributed by atoms with Gasteiger partial charge in [0.2, 0.25) is 0 Å². The van der Waals surface area contributed by atoms with Gasteiger partial charge in [0.05, 0.1) is 0 Å². The minimum Gasteiger partial charge on any atom is -0.328 e. The third kappa shape index (κ3) is 3.58. The van der Waals surface area contributed by atoms with Crippen LogP contribution in [0.15, 0.2) is 24.5 Å². The molecule has 1 aromatic heterocycles. The topological polar surface area (TPSA) is 50.9 Å². The number of rotatable bonds is 4. The van der Waals surface area contributed by atoms with E-state index < -0.39 is 0 Å². The molecule has 0 aliphatic heterocycles. The highest BCUT2D eigenvalue weighted by molar-refractivity contribution is 5.09. The molecule has 2 rings (SSSR count). The lowest BCUT2D eigenvalue weighted by molar-refractivity contribution is 0.341. The Morgan fingerprint density at radius 3 is 2.88 bits per heavy atom. The van der Waals surface area contributed by atoms with E-state index in [1.54, 1.807) is 0 Å². The van der Waals surface area contributed by atoms with Crippen LogP contribution in [0.5, 0.6) is 0 Å². The summed E-state index contributed by atoms with van der Waals surface area (Å²) in [6.45, 7) is 1.04. The van der Waals surface area contributed by atoms with Gasteiger partial charge in [0.1, 0.15) is 0 Å². The van der Waals surface area contributed by atoms with Crippen molar-refractivity contribution in [2.24, 2.45) is 5.73 Å². The summed E-state index contributed by atoms with van der Waals surface area (Å²) >= 11 is 0. The second-order valence-corrected chi connectivity index (χ2v) is 4.68. The lowest BCUT2D eigenvalue weighted by Gasteiger charge is -2.27. The molecule has 1 aromatic rings. The van der Waals surface area contributed by atoms with Gasteiger partial charge in [-0.05, 0) is 49.9 Å². The second-order valence-electron chi connectivity index (χ2n) is 4.68. The van der Waals surface area contributed by atoms with Crippen LogP contribution in [0.3, 0.4) is 0 Å². The first-order chi connectivity index (χ1) is 7.84. The summed E-state index contributed by atoms with van der Waals surface area (Å²) in [7, 11) is 0. The van der Waals surface area contributed by atoms with E-state index in [-0.39, 0.29) is 0 Å². The van der Waals surface area contributed by atoms with Crippen molar-refractivity contribution in [3.05, 3.63) is 30.1 Å². The monoisotopic (exact) mass is 219 g/mol. The van der Waals surface area contributed by atoms with Gasteiger partial charge in [-0.15, -0.1) is 0 Å². The van der Waals surface area contributed by atoms with Crippen molar-refractivity contribution in [2.45, 2.75) is 44.2 Å². The summed E-state index contributed by atoms with van der Waals surface area (Å²) in [6, 6.07) is 5.19. The molecule has 0 aromatic carbocycles. The molecule has 1 aliphatic rings. The lowest BCUT2D eigenvalue weighted by atomic mass is 9.91. The summed E-state index contributed by atoms with van der Waals surface area (Å²) in [5.41, 5.74) is 7.31. The highest BCUT2D eigenvalue weighted by Gasteiger charge is 2.17. The maximum Gasteiger partial charge on any atom is 0.0270 e. The molecule has 0 bridgehead atoms. The van der Waals surface area contributed by atoms with Gasteiger partial charge in [-0.1, -0.05) is 6.42 Å². The molecule has 88 valence electrons. The van der Waals surface area contributed by atoms with Crippen LogP contribution in [0.4, 0.5) is 0 Å². The predicted molar refractivity (Wildman–Crippen MR) is 66.2 cm³/mol. The molecular formula is C13H21N3. The second kappa shape index (κ2) is 5.97. The van der Waals surface area contributed by atoms with E-state index in [0.717, 1.165) is 19.4 Å². The minimum absolute atomic E-state index is 0.409. The van der Waals surface area contributed by atoms with Crippen molar-refractivity contribution in [3.63, 3.8) is 0 Å². The fraction of sp³-hybridized carbons (Fsp3) is 0.615. The Hall–Kier alpha value is -0.930. The molecule has 1 aliphatic carbocycles. The van der Waals surface area contributed by atoms with Crippen molar-refractivity contribution in [1.29, 1.82) is 0 Å². The van der Waals surface area contributed by atoms with Gasteiger partial charge in [-0.2, -0.15) is 0 Å². The zero-order valence-corrected chi connectivity index (χ0v) is 9.73. The van der Waals surface area contributed by atoms with Crippen LogP contribution in [0.2, 0.25) is 0 Å². The first-order valence-corrected chi connectivity index (χ1v) is 6.22. The molecule has 1 heterocycles. The fourth-order valence-corrected chi connectivity index (χ4v) is 2.38. The fourth-order valence-electron chi connectivity index (χ4n) is 2.38. The molecule has 0 saturated heterocycles. The average molecular weight is 219 g/mol. The van der Waals surface area contributed by atoms with E-state index in [9.17, 15) is 0 Å². The first kappa shape index (κ1) is 11.6. The van der Waals surface area contributed by atoms with Crippen LogP contribution in [0, 0.1) is 0 Å². The summed E-state index contributed by atoms with van der Waals surface area (Å²) in [4.78, 5) is 4.02. The number of aromatic nitrogens is 1. The van der Waals surface area contributed by atoms with Crippen LogP contribution < -0.4 is 11.1 Å². The van der Waals surface area contributed by atoms with Gasteiger partial charge in [0, 0.05) is 24.5 Å². The maximum absolute atomic E-state index is 5.96. The Balaban J connectivity index is 1.68. The van der Waals surface area contributed by atoms with Gasteiger partial charge in [-0.25, -0.2) is 0 Å².